The summed E-state index contributed by atoms with van der Waals surface area (Å²) < 4.78 is 0. The monoisotopic (exact) mass is 193 g/mol. The summed E-state index contributed by atoms with van der Waals surface area (Å²) in [6.45, 7) is 4.33. The molecule has 1 aliphatic rings. The van der Waals surface area contributed by atoms with Crippen molar-refractivity contribution in [3.05, 3.63) is 22.5 Å². The molecule has 0 aliphatic carbocycles. The molecule has 1 saturated heterocycles. The van der Waals surface area contributed by atoms with Gasteiger partial charge in [-0.15, -0.1) is 0 Å². The number of aromatic amines is 1. The van der Waals surface area contributed by atoms with Crippen LogP contribution in [0.15, 0.2) is 16.9 Å². The van der Waals surface area contributed by atoms with Gasteiger partial charge in [-0.1, -0.05) is 6.92 Å². The van der Waals surface area contributed by atoms with E-state index in [0.717, 1.165) is 24.8 Å². The zero-order valence-corrected chi connectivity index (χ0v) is 8.36. The smallest absolute Gasteiger partial charge is 0.264 e. The van der Waals surface area contributed by atoms with E-state index in [4.69, 9.17) is 0 Å². The standard InChI is InChI=1S/C10H15N3O/c1-8-3-2-6-13(7-8)9-4-5-10(14)12-11-9/h4-5,8H,2-3,6-7H2,1H3,(H,12,14)/t8-/m0/s1. The molecular formula is C10H15N3O. The highest BCUT2D eigenvalue weighted by molar-refractivity contribution is 5.36. The second-order valence-electron chi connectivity index (χ2n) is 3.97. The lowest BCUT2D eigenvalue weighted by Gasteiger charge is -2.31. The molecule has 4 nitrogen and oxygen atoms in total. The zero-order valence-electron chi connectivity index (χ0n) is 8.36. The van der Waals surface area contributed by atoms with E-state index >= 15 is 0 Å². The summed E-state index contributed by atoms with van der Waals surface area (Å²) in [4.78, 5) is 13.1. The van der Waals surface area contributed by atoms with Gasteiger partial charge in [0.05, 0.1) is 0 Å². The number of nitrogens with one attached hydrogen (secondary N) is 1. The average molecular weight is 193 g/mol. The van der Waals surface area contributed by atoms with Crippen molar-refractivity contribution in [3.63, 3.8) is 0 Å². The molecule has 0 unspecified atom stereocenters. The molecule has 0 bridgehead atoms. The van der Waals surface area contributed by atoms with Crippen molar-refractivity contribution < 1.29 is 0 Å². The van der Waals surface area contributed by atoms with E-state index in [1.165, 1.54) is 18.9 Å². The number of nitrogens with zero attached hydrogens (tertiary/aromatic N) is 2. The molecule has 0 amide bonds. The largest absolute Gasteiger partial charge is 0.355 e. The van der Waals surface area contributed by atoms with Crippen LogP contribution in [-0.2, 0) is 0 Å². The minimum absolute atomic E-state index is 0.140. The summed E-state index contributed by atoms with van der Waals surface area (Å²) in [6.07, 6.45) is 2.50. The minimum atomic E-state index is -0.140. The molecule has 1 atom stereocenters. The normalized spacial score (nSPS) is 22.4. The van der Waals surface area contributed by atoms with E-state index in [2.05, 4.69) is 22.0 Å². The van der Waals surface area contributed by atoms with Crippen LogP contribution in [0, 0.1) is 5.92 Å². The molecule has 1 aliphatic heterocycles. The molecule has 2 rings (SSSR count). The van der Waals surface area contributed by atoms with Gasteiger partial charge in [0.2, 0.25) is 0 Å². The molecule has 0 aromatic carbocycles. The van der Waals surface area contributed by atoms with E-state index in [1.54, 1.807) is 6.07 Å². The van der Waals surface area contributed by atoms with Crippen molar-refractivity contribution in [3.8, 4) is 0 Å². The summed E-state index contributed by atoms with van der Waals surface area (Å²) in [5.74, 6) is 1.61. The van der Waals surface area contributed by atoms with Crippen molar-refractivity contribution in [2.24, 2.45) is 5.92 Å². The number of aromatic nitrogens is 2. The Bertz CT molecular complexity index is 340. The van der Waals surface area contributed by atoms with Gasteiger partial charge in [-0.25, -0.2) is 5.10 Å². The van der Waals surface area contributed by atoms with Gasteiger partial charge >= 0.3 is 0 Å². The number of rotatable bonds is 1. The van der Waals surface area contributed by atoms with Gasteiger partial charge in [0.15, 0.2) is 0 Å². The SMILES string of the molecule is C[C@H]1CCCN(c2ccc(=O)[nH]n2)C1. The van der Waals surface area contributed by atoms with E-state index < -0.39 is 0 Å². The summed E-state index contributed by atoms with van der Waals surface area (Å²) in [5.41, 5.74) is -0.140. The maximum Gasteiger partial charge on any atom is 0.264 e. The number of hydrogen-bond acceptors (Lipinski definition) is 3. The van der Waals surface area contributed by atoms with Gasteiger partial charge in [-0.2, -0.15) is 5.10 Å². The Kier molecular flexibility index (Phi) is 2.52. The maximum absolute atomic E-state index is 10.8. The third kappa shape index (κ3) is 1.95. The van der Waals surface area contributed by atoms with E-state index in [1.807, 2.05) is 0 Å². The Labute approximate surface area is 82.9 Å². The third-order valence-electron chi connectivity index (χ3n) is 2.65. The van der Waals surface area contributed by atoms with Crippen LogP contribution in [0.2, 0.25) is 0 Å². The molecule has 1 aromatic heterocycles. The molecular weight excluding hydrogens is 178 g/mol. The third-order valence-corrected chi connectivity index (χ3v) is 2.65. The second-order valence-corrected chi connectivity index (χ2v) is 3.97. The highest BCUT2D eigenvalue weighted by Crippen LogP contribution is 2.19. The maximum atomic E-state index is 10.8. The zero-order chi connectivity index (χ0) is 9.97. The van der Waals surface area contributed by atoms with Gasteiger partial charge in [0.25, 0.3) is 5.56 Å². The Morgan fingerprint density at radius 3 is 3.07 bits per heavy atom. The molecule has 14 heavy (non-hydrogen) atoms. The van der Waals surface area contributed by atoms with E-state index in [0.29, 0.717) is 0 Å². The Morgan fingerprint density at radius 2 is 2.43 bits per heavy atom. The minimum Gasteiger partial charge on any atom is -0.355 e. The first kappa shape index (κ1) is 9.24. The van der Waals surface area contributed by atoms with Crippen LogP contribution in [-0.4, -0.2) is 23.3 Å². The van der Waals surface area contributed by atoms with Crippen LogP contribution in [0.4, 0.5) is 5.82 Å². The summed E-state index contributed by atoms with van der Waals surface area (Å²) in [6, 6.07) is 3.32. The van der Waals surface area contributed by atoms with Crippen LogP contribution in [0.1, 0.15) is 19.8 Å². The second kappa shape index (κ2) is 3.82. The Hall–Kier alpha value is -1.32. The molecule has 4 heteroatoms. The molecule has 0 spiro atoms. The molecule has 1 aromatic rings. The van der Waals surface area contributed by atoms with Gasteiger partial charge in [-0.3, -0.25) is 4.79 Å². The number of piperidine rings is 1. The molecule has 2 heterocycles. The molecule has 0 saturated carbocycles. The topological polar surface area (TPSA) is 49.0 Å². The molecule has 1 fully saturated rings. The van der Waals surface area contributed by atoms with Crippen molar-refractivity contribution >= 4 is 5.82 Å². The first-order chi connectivity index (χ1) is 6.75. The van der Waals surface area contributed by atoms with E-state index in [9.17, 15) is 4.79 Å². The van der Waals surface area contributed by atoms with Crippen LogP contribution in [0.3, 0.4) is 0 Å². The van der Waals surface area contributed by atoms with Crippen molar-refractivity contribution in [2.75, 3.05) is 18.0 Å². The fraction of sp³-hybridized carbons (Fsp3) is 0.600. The predicted octanol–water partition coefficient (Wildman–Crippen LogP) is 1.01. The number of anilines is 1. The fourth-order valence-corrected chi connectivity index (χ4v) is 1.91. The Balaban J connectivity index is 2.14. The molecule has 0 radical (unpaired) electrons. The predicted molar refractivity (Wildman–Crippen MR) is 55.5 cm³/mol. The van der Waals surface area contributed by atoms with Crippen molar-refractivity contribution in [1.29, 1.82) is 0 Å². The van der Waals surface area contributed by atoms with Gasteiger partial charge < -0.3 is 4.90 Å². The summed E-state index contributed by atoms with van der Waals surface area (Å²) in [5, 5.41) is 6.49. The van der Waals surface area contributed by atoms with Gasteiger partial charge in [0, 0.05) is 19.2 Å². The van der Waals surface area contributed by atoms with Crippen molar-refractivity contribution in [2.45, 2.75) is 19.8 Å². The number of H-pyrrole nitrogens is 1. The fourth-order valence-electron chi connectivity index (χ4n) is 1.91. The van der Waals surface area contributed by atoms with Crippen LogP contribution in [0.25, 0.3) is 0 Å². The quantitative estimate of drug-likeness (QED) is 0.724. The molecule has 1 N–H and O–H groups in total. The average Bonchev–Trinajstić information content (AvgIpc) is 2.19. The van der Waals surface area contributed by atoms with Crippen LogP contribution >= 0.6 is 0 Å². The summed E-state index contributed by atoms with van der Waals surface area (Å²) >= 11 is 0. The van der Waals surface area contributed by atoms with Gasteiger partial charge in [-0.05, 0) is 24.8 Å². The summed E-state index contributed by atoms with van der Waals surface area (Å²) in [7, 11) is 0. The highest BCUT2D eigenvalue weighted by atomic mass is 16.1. The lowest BCUT2D eigenvalue weighted by molar-refractivity contribution is 0.443. The molecule has 76 valence electrons. The lowest BCUT2D eigenvalue weighted by Crippen LogP contribution is -2.35. The van der Waals surface area contributed by atoms with Crippen molar-refractivity contribution in [1.82, 2.24) is 10.2 Å². The first-order valence-corrected chi connectivity index (χ1v) is 5.06. The number of hydrogen-bond donors (Lipinski definition) is 1. The Morgan fingerprint density at radius 1 is 1.57 bits per heavy atom. The highest BCUT2D eigenvalue weighted by Gasteiger charge is 2.17. The van der Waals surface area contributed by atoms with Crippen LogP contribution < -0.4 is 10.5 Å². The first-order valence-electron chi connectivity index (χ1n) is 5.06. The van der Waals surface area contributed by atoms with Crippen LogP contribution in [0.5, 0.6) is 0 Å². The van der Waals surface area contributed by atoms with E-state index in [-0.39, 0.29) is 5.56 Å². The van der Waals surface area contributed by atoms with Gasteiger partial charge in [0.1, 0.15) is 5.82 Å². The lowest BCUT2D eigenvalue weighted by atomic mass is 10.0.